The number of ether oxygens (including phenoxy) is 1. The summed E-state index contributed by atoms with van der Waals surface area (Å²) in [6, 6.07) is 13.1. The Morgan fingerprint density at radius 1 is 1.04 bits per heavy atom. The fourth-order valence-electron chi connectivity index (χ4n) is 3.52. The summed E-state index contributed by atoms with van der Waals surface area (Å²) in [6.45, 7) is 11.6. The molecule has 0 spiro atoms. The van der Waals surface area contributed by atoms with Crippen molar-refractivity contribution in [1.29, 1.82) is 0 Å². The zero-order valence-electron chi connectivity index (χ0n) is 17.2. The van der Waals surface area contributed by atoms with E-state index >= 15 is 0 Å². The molecular formula is C22H30N2O3S. The molecule has 5 nitrogen and oxygen atoms in total. The summed E-state index contributed by atoms with van der Waals surface area (Å²) < 4.78 is 33.9. The molecule has 1 saturated heterocycles. The number of rotatable bonds is 6. The second kappa shape index (κ2) is 8.53. The Balaban J connectivity index is 1.94. The van der Waals surface area contributed by atoms with Crippen LogP contribution in [0.15, 0.2) is 47.4 Å². The number of benzene rings is 2. The molecule has 1 heterocycles. The van der Waals surface area contributed by atoms with Gasteiger partial charge in [0.25, 0.3) is 10.0 Å². The predicted octanol–water partition coefficient (Wildman–Crippen LogP) is 3.99. The summed E-state index contributed by atoms with van der Waals surface area (Å²) in [4.78, 5) is 2.54. The van der Waals surface area contributed by atoms with Crippen LogP contribution in [0.1, 0.15) is 25.0 Å². The van der Waals surface area contributed by atoms with Crippen LogP contribution in [0.5, 0.6) is 0 Å². The van der Waals surface area contributed by atoms with Crippen LogP contribution in [-0.4, -0.2) is 41.3 Å². The maximum atomic E-state index is 13.5. The highest BCUT2D eigenvalue weighted by Crippen LogP contribution is 2.29. The fraction of sp³-hybridized carbons (Fsp3) is 0.455. The molecule has 0 radical (unpaired) electrons. The molecule has 0 bridgehead atoms. The third-order valence-corrected chi connectivity index (χ3v) is 6.75. The van der Waals surface area contributed by atoms with Crippen LogP contribution in [0.25, 0.3) is 0 Å². The van der Waals surface area contributed by atoms with Gasteiger partial charge < -0.3 is 9.64 Å². The van der Waals surface area contributed by atoms with Gasteiger partial charge in [-0.05, 0) is 55.7 Å². The van der Waals surface area contributed by atoms with E-state index in [1.165, 1.54) is 0 Å². The van der Waals surface area contributed by atoms with Crippen molar-refractivity contribution < 1.29 is 13.2 Å². The fourth-order valence-corrected chi connectivity index (χ4v) is 5.21. The number of anilines is 2. The first kappa shape index (κ1) is 20.7. The second-order valence-electron chi connectivity index (χ2n) is 7.81. The highest BCUT2D eigenvalue weighted by Gasteiger charge is 2.27. The van der Waals surface area contributed by atoms with Gasteiger partial charge in [-0.1, -0.05) is 31.5 Å². The number of hydrogen-bond acceptors (Lipinski definition) is 4. The van der Waals surface area contributed by atoms with Crippen LogP contribution in [0.3, 0.4) is 0 Å². The summed E-state index contributed by atoms with van der Waals surface area (Å²) >= 11 is 0. The first-order valence-electron chi connectivity index (χ1n) is 9.82. The smallest absolute Gasteiger partial charge is 0.264 e. The zero-order chi connectivity index (χ0) is 20.3. The standard InChI is InChI=1S/C22H30N2O3S/c1-17(2)16-24(22-10-5-18(3)15-19(22)4)28(25,26)21-8-6-20(7-9-21)23-11-13-27-14-12-23/h5-10,15,17H,11-14,16H2,1-4H3. The molecule has 6 heteroatoms. The van der Waals surface area contributed by atoms with Crippen molar-refractivity contribution in [2.75, 3.05) is 42.1 Å². The van der Waals surface area contributed by atoms with Crippen molar-refractivity contribution in [2.45, 2.75) is 32.6 Å². The molecule has 0 atom stereocenters. The predicted molar refractivity (Wildman–Crippen MR) is 115 cm³/mol. The Morgan fingerprint density at radius 2 is 1.68 bits per heavy atom. The quantitative estimate of drug-likeness (QED) is 0.733. The van der Waals surface area contributed by atoms with Crippen molar-refractivity contribution in [2.24, 2.45) is 5.92 Å². The Morgan fingerprint density at radius 3 is 2.25 bits per heavy atom. The minimum atomic E-state index is -3.64. The van der Waals surface area contributed by atoms with Gasteiger partial charge in [0.1, 0.15) is 0 Å². The first-order chi connectivity index (χ1) is 13.3. The zero-order valence-corrected chi connectivity index (χ0v) is 18.0. The van der Waals surface area contributed by atoms with E-state index in [0.29, 0.717) is 24.7 Å². The van der Waals surface area contributed by atoms with Gasteiger partial charge in [-0.25, -0.2) is 8.42 Å². The summed E-state index contributed by atoms with van der Waals surface area (Å²) in [5, 5.41) is 0. The Labute approximate surface area is 169 Å². The first-order valence-corrected chi connectivity index (χ1v) is 11.3. The molecule has 1 fully saturated rings. The van der Waals surface area contributed by atoms with Crippen molar-refractivity contribution in [1.82, 2.24) is 0 Å². The molecule has 0 amide bonds. The van der Waals surface area contributed by atoms with Crippen LogP contribution in [0, 0.1) is 19.8 Å². The van der Waals surface area contributed by atoms with E-state index < -0.39 is 10.0 Å². The van der Waals surface area contributed by atoms with E-state index in [-0.39, 0.29) is 5.92 Å². The number of hydrogen-bond donors (Lipinski definition) is 0. The van der Waals surface area contributed by atoms with Crippen LogP contribution >= 0.6 is 0 Å². The van der Waals surface area contributed by atoms with Gasteiger partial charge >= 0.3 is 0 Å². The largest absolute Gasteiger partial charge is 0.378 e. The van der Waals surface area contributed by atoms with Crippen molar-refractivity contribution in [3.05, 3.63) is 53.6 Å². The van der Waals surface area contributed by atoms with Crippen LogP contribution in [0.2, 0.25) is 0 Å². The topological polar surface area (TPSA) is 49.9 Å². The molecule has 3 rings (SSSR count). The minimum Gasteiger partial charge on any atom is -0.378 e. The van der Waals surface area contributed by atoms with E-state index in [1.807, 2.05) is 58.0 Å². The Bertz CT molecular complexity index is 902. The molecule has 0 aromatic heterocycles. The van der Waals surface area contributed by atoms with Gasteiger partial charge in [0, 0.05) is 25.3 Å². The van der Waals surface area contributed by atoms with Gasteiger partial charge in [0.15, 0.2) is 0 Å². The van der Waals surface area contributed by atoms with Crippen molar-refractivity contribution in [3.8, 4) is 0 Å². The molecule has 1 aliphatic heterocycles. The lowest BCUT2D eigenvalue weighted by atomic mass is 10.1. The average Bonchev–Trinajstić information content (AvgIpc) is 2.67. The number of nitrogens with zero attached hydrogens (tertiary/aromatic N) is 2. The van der Waals surface area contributed by atoms with E-state index in [1.54, 1.807) is 16.4 Å². The molecule has 0 N–H and O–H groups in total. The van der Waals surface area contributed by atoms with Crippen molar-refractivity contribution >= 4 is 21.4 Å². The van der Waals surface area contributed by atoms with Crippen molar-refractivity contribution in [3.63, 3.8) is 0 Å². The summed E-state index contributed by atoms with van der Waals surface area (Å²) in [5.41, 5.74) is 3.87. The minimum absolute atomic E-state index is 0.211. The van der Waals surface area contributed by atoms with Gasteiger partial charge in [-0.15, -0.1) is 0 Å². The van der Waals surface area contributed by atoms with Gasteiger partial charge in [0.05, 0.1) is 23.8 Å². The Hall–Kier alpha value is -2.05. The van der Waals surface area contributed by atoms with Gasteiger partial charge in [-0.3, -0.25) is 4.31 Å². The molecule has 0 saturated carbocycles. The normalized spacial score (nSPS) is 15.1. The monoisotopic (exact) mass is 402 g/mol. The Kier molecular flexibility index (Phi) is 6.30. The maximum Gasteiger partial charge on any atom is 0.264 e. The number of morpholine rings is 1. The summed E-state index contributed by atoms with van der Waals surface area (Å²) in [5.74, 6) is 0.211. The lowest BCUT2D eigenvalue weighted by Crippen LogP contribution is -2.36. The highest BCUT2D eigenvalue weighted by atomic mass is 32.2. The third-order valence-electron chi connectivity index (χ3n) is 4.95. The second-order valence-corrected chi connectivity index (χ2v) is 9.68. The average molecular weight is 403 g/mol. The van der Waals surface area contributed by atoms with Gasteiger partial charge in [0.2, 0.25) is 0 Å². The molecule has 0 aliphatic carbocycles. The summed E-state index contributed by atoms with van der Waals surface area (Å²) in [7, 11) is -3.64. The molecule has 2 aromatic rings. The molecule has 0 unspecified atom stereocenters. The van der Waals surface area contributed by atoms with E-state index in [2.05, 4.69) is 4.90 Å². The molecule has 2 aromatic carbocycles. The number of sulfonamides is 1. The van der Waals surface area contributed by atoms with E-state index in [9.17, 15) is 8.42 Å². The molecule has 1 aliphatic rings. The van der Waals surface area contributed by atoms with Crippen LogP contribution in [-0.2, 0) is 14.8 Å². The number of aryl methyl sites for hydroxylation is 2. The molecule has 28 heavy (non-hydrogen) atoms. The SMILES string of the molecule is Cc1ccc(N(CC(C)C)S(=O)(=O)c2ccc(N3CCOCC3)cc2)c(C)c1. The van der Waals surface area contributed by atoms with Gasteiger partial charge in [-0.2, -0.15) is 0 Å². The van der Waals surface area contributed by atoms with E-state index in [4.69, 9.17) is 4.74 Å². The summed E-state index contributed by atoms with van der Waals surface area (Å²) in [6.07, 6.45) is 0. The lowest BCUT2D eigenvalue weighted by molar-refractivity contribution is 0.122. The molecule has 152 valence electrons. The van der Waals surface area contributed by atoms with E-state index in [0.717, 1.165) is 35.6 Å². The van der Waals surface area contributed by atoms with Crippen LogP contribution < -0.4 is 9.21 Å². The molecular weight excluding hydrogens is 372 g/mol. The van der Waals surface area contributed by atoms with Crippen LogP contribution in [0.4, 0.5) is 11.4 Å². The lowest BCUT2D eigenvalue weighted by Gasteiger charge is -2.30. The maximum absolute atomic E-state index is 13.5. The third kappa shape index (κ3) is 4.50. The highest BCUT2D eigenvalue weighted by molar-refractivity contribution is 7.92.